The summed E-state index contributed by atoms with van der Waals surface area (Å²) < 4.78 is 0. The Labute approximate surface area is 190 Å². The number of carbonyl (C=O) groups excluding carboxylic acids is 1. The molecule has 1 aliphatic carbocycles. The highest BCUT2D eigenvalue weighted by molar-refractivity contribution is 5.73. The van der Waals surface area contributed by atoms with Gasteiger partial charge in [0.15, 0.2) is 0 Å². The van der Waals surface area contributed by atoms with Gasteiger partial charge in [0.05, 0.1) is 5.56 Å². The highest BCUT2D eigenvalue weighted by Gasteiger charge is 2.52. The van der Waals surface area contributed by atoms with Gasteiger partial charge in [0.25, 0.3) is 0 Å². The first-order valence-corrected chi connectivity index (χ1v) is 11.8. The number of benzene rings is 1. The first kappa shape index (κ1) is 21.0. The lowest BCUT2D eigenvalue weighted by molar-refractivity contribution is -0.131. The molecule has 32 heavy (non-hydrogen) atoms. The zero-order valence-electron chi connectivity index (χ0n) is 18.8. The molecule has 3 unspecified atom stereocenters. The maximum absolute atomic E-state index is 11.7. The summed E-state index contributed by atoms with van der Waals surface area (Å²) >= 11 is 0. The van der Waals surface area contributed by atoms with Crippen molar-refractivity contribution in [3.8, 4) is 6.07 Å². The predicted molar refractivity (Wildman–Crippen MR) is 124 cm³/mol. The highest BCUT2D eigenvalue weighted by Crippen LogP contribution is 2.50. The lowest BCUT2D eigenvalue weighted by Crippen LogP contribution is -2.57. The Morgan fingerprint density at radius 2 is 1.84 bits per heavy atom. The van der Waals surface area contributed by atoms with Crippen molar-refractivity contribution >= 4 is 11.7 Å². The van der Waals surface area contributed by atoms with Crippen molar-refractivity contribution in [1.29, 1.82) is 5.26 Å². The molecule has 3 fully saturated rings. The van der Waals surface area contributed by atoms with Crippen LogP contribution in [0.3, 0.4) is 0 Å². The number of anilines is 1. The Hall–Kier alpha value is -2.91. The van der Waals surface area contributed by atoms with Gasteiger partial charge in [0.2, 0.25) is 5.91 Å². The number of nitrogens with zero attached hydrogens (tertiary/aromatic N) is 5. The fraction of sp³-hybridized carbons (Fsp3) is 0.500. The Balaban J connectivity index is 1.42. The molecule has 0 spiro atoms. The van der Waals surface area contributed by atoms with Gasteiger partial charge in [-0.2, -0.15) is 5.26 Å². The fourth-order valence-corrected chi connectivity index (χ4v) is 6.27. The molecule has 2 aliphatic heterocycles. The number of pyridine rings is 1. The van der Waals surface area contributed by atoms with E-state index in [1.54, 1.807) is 13.1 Å². The van der Waals surface area contributed by atoms with E-state index in [1.807, 2.05) is 17.0 Å². The predicted octanol–water partition coefficient (Wildman–Crippen LogP) is 3.19. The first-order valence-electron chi connectivity index (χ1n) is 11.8. The van der Waals surface area contributed by atoms with Gasteiger partial charge in [-0.1, -0.05) is 30.3 Å². The summed E-state index contributed by atoms with van der Waals surface area (Å²) in [5, 5.41) is 9.17. The van der Waals surface area contributed by atoms with Gasteiger partial charge < -0.3 is 9.80 Å². The van der Waals surface area contributed by atoms with Gasteiger partial charge in [-0.05, 0) is 43.4 Å². The molecule has 1 amide bonds. The molecule has 1 saturated carbocycles. The van der Waals surface area contributed by atoms with Crippen molar-refractivity contribution in [2.24, 2.45) is 0 Å². The summed E-state index contributed by atoms with van der Waals surface area (Å²) in [4.78, 5) is 23.5. The monoisotopic (exact) mass is 429 g/mol. The van der Waals surface area contributed by atoms with Crippen LogP contribution in [0, 0.1) is 11.3 Å². The molecule has 3 atom stereocenters. The van der Waals surface area contributed by atoms with Gasteiger partial charge >= 0.3 is 0 Å². The molecular formula is C26H31N5O. The summed E-state index contributed by atoms with van der Waals surface area (Å²) in [6.45, 7) is 6.26. The topological polar surface area (TPSA) is 63.5 Å². The molecule has 0 N–H and O–H groups in total. The van der Waals surface area contributed by atoms with E-state index in [-0.39, 0.29) is 11.3 Å². The van der Waals surface area contributed by atoms with E-state index < -0.39 is 0 Å². The second-order valence-electron chi connectivity index (χ2n) is 9.47. The van der Waals surface area contributed by atoms with Crippen molar-refractivity contribution in [2.45, 2.75) is 50.1 Å². The number of aromatic nitrogens is 1. The SMILES string of the molecule is CC(=O)N1CCN(C2CCC3(c4ccccc4)CCN(c4ccc(C#N)cn4)C3C2)CC1. The smallest absolute Gasteiger partial charge is 0.219 e. The van der Waals surface area contributed by atoms with Crippen LogP contribution >= 0.6 is 0 Å². The lowest BCUT2D eigenvalue weighted by atomic mass is 9.64. The molecule has 3 heterocycles. The highest BCUT2D eigenvalue weighted by atomic mass is 16.2. The molecule has 166 valence electrons. The molecule has 2 aromatic rings. The molecular weight excluding hydrogens is 398 g/mol. The third-order valence-corrected chi connectivity index (χ3v) is 8.03. The van der Waals surface area contributed by atoms with Gasteiger partial charge in [-0.25, -0.2) is 4.98 Å². The summed E-state index contributed by atoms with van der Waals surface area (Å²) in [6, 6.07) is 18.0. The van der Waals surface area contributed by atoms with Crippen molar-refractivity contribution in [3.63, 3.8) is 0 Å². The molecule has 3 aliphatic rings. The van der Waals surface area contributed by atoms with Crippen LogP contribution < -0.4 is 4.90 Å². The second-order valence-corrected chi connectivity index (χ2v) is 9.47. The van der Waals surface area contributed by atoms with E-state index in [4.69, 9.17) is 5.26 Å². The Kier molecular flexibility index (Phi) is 5.60. The minimum absolute atomic E-state index is 0.147. The van der Waals surface area contributed by atoms with E-state index in [1.165, 1.54) is 18.4 Å². The largest absolute Gasteiger partial charge is 0.353 e. The Bertz CT molecular complexity index is 993. The van der Waals surface area contributed by atoms with Gasteiger partial charge in [0.1, 0.15) is 11.9 Å². The molecule has 2 saturated heterocycles. The molecule has 1 aromatic heterocycles. The fourth-order valence-electron chi connectivity index (χ4n) is 6.27. The third-order valence-electron chi connectivity index (χ3n) is 8.03. The average molecular weight is 430 g/mol. The molecule has 6 nitrogen and oxygen atoms in total. The Morgan fingerprint density at radius 3 is 2.50 bits per heavy atom. The minimum atomic E-state index is 0.147. The van der Waals surface area contributed by atoms with Crippen molar-refractivity contribution in [1.82, 2.24) is 14.8 Å². The van der Waals surface area contributed by atoms with Crippen LogP contribution in [0.15, 0.2) is 48.7 Å². The van der Waals surface area contributed by atoms with Gasteiger partial charge in [0, 0.05) is 63.3 Å². The standard InChI is InChI=1S/C26H31N5O/c1-20(32)29-13-15-30(16-14-29)23-9-10-26(22-5-3-2-4-6-22)11-12-31(24(26)17-23)25-8-7-21(18-27)19-28-25/h2-8,19,23-24H,9-17H2,1H3. The van der Waals surface area contributed by atoms with Crippen LogP contribution in [-0.2, 0) is 10.2 Å². The summed E-state index contributed by atoms with van der Waals surface area (Å²) in [7, 11) is 0. The first-order chi connectivity index (χ1) is 15.6. The van der Waals surface area contributed by atoms with Crippen LogP contribution in [-0.4, -0.2) is 65.5 Å². The number of piperazine rings is 1. The van der Waals surface area contributed by atoms with Crippen molar-refractivity contribution in [3.05, 3.63) is 59.8 Å². The summed E-state index contributed by atoms with van der Waals surface area (Å²) in [5.74, 6) is 1.17. The lowest BCUT2D eigenvalue weighted by Gasteiger charge is -2.49. The Morgan fingerprint density at radius 1 is 1.06 bits per heavy atom. The summed E-state index contributed by atoms with van der Waals surface area (Å²) in [5.41, 5.74) is 2.20. The zero-order chi connectivity index (χ0) is 22.1. The number of rotatable bonds is 3. The minimum Gasteiger partial charge on any atom is -0.353 e. The van der Waals surface area contributed by atoms with E-state index in [2.05, 4.69) is 51.2 Å². The van der Waals surface area contributed by atoms with Gasteiger partial charge in [-0.3, -0.25) is 9.69 Å². The van der Waals surface area contributed by atoms with Crippen LogP contribution in [0.1, 0.15) is 43.7 Å². The van der Waals surface area contributed by atoms with Crippen LogP contribution in [0.4, 0.5) is 5.82 Å². The maximum atomic E-state index is 11.7. The van der Waals surface area contributed by atoms with Crippen LogP contribution in [0.25, 0.3) is 0 Å². The van der Waals surface area contributed by atoms with E-state index in [0.29, 0.717) is 17.6 Å². The van der Waals surface area contributed by atoms with E-state index in [9.17, 15) is 4.79 Å². The van der Waals surface area contributed by atoms with Gasteiger partial charge in [-0.15, -0.1) is 0 Å². The quantitative estimate of drug-likeness (QED) is 0.750. The number of fused-ring (bicyclic) bond motifs is 1. The summed E-state index contributed by atoms with van der Waals surface area (Å²) in [6.07, 6.45) is 6.30. The van der Waals surface area contributed by atoms with Crippen LogP contribution in [0.5, 0.6) is 0 Å². The normalized spacial score (nSPS) is 28.2. The maximum Gasteiger partial charge on any atom is 0.219 e. The average Bonchev–Trinajstić information content (AvgIpc) is 3.24. The van der Waals surface area contributed by atoms with E-state index >= 15 is 0 Å². The second kappa shape index (κ2) is 8.55. The number of hydrogen-bond donors (Lipinski definition) is 0. The molecule has 0 bridgehead atoms. The van der Waals surface area contributed by atoms with Crippen molar-refractivity contribution < 1.29 is 4.79 Å². The molecule has 0 radical (unpaired) electrons. The van der Waals surface area contributed by atoms with Crippen molar-refractivity contribution in [2.75, 3.05) is 37.6 Å². The number of amides is 1. The molecule has 6 heteroatoms. The van der Waals surface area contributed by atoms with Crippen LogP contribution in [0.2, 0.25) is 0 Å². The number of carbonyl (C=O) groups is 1. The number of hydrogen-bond acceptors (Lipinski definition) is 5. The molecule has 1 aromatic carbocycles. The van der Waals surface area contributed by atoms with E-state index in [0.717, 1.165) is 51.4 Å². The molecule has 5 rings (SSSR count). The third kappa shape index (κ3) is 3.65. The number of nitriles is 1. The zero-order valence-corrected chi connectivity index (χ0v) is 18.8.